The molecule has 29 heavy (non-hydrogen) atoms. The first-order valence-electron chi connectivity index (χ1n) is 9.34. The van der Waals surface area contributed by atoms with E-state index in [0.717, 1.165) is 12.8 Å². The molecule has 7 heteroatoms. The maximum Gasteiger partial charge on any atom is 0.271 e. The Kier molecular flexibility index (Phi) is 7.00. The Labute approximate surface area is 170 Å². The fourth-order valence-corrected chi connectivity index (χ4v) is 2.80. The van der Waals surface area contributed by atoms with Crippen LogP contribution in [0, 0.1) is 0 Å². The van der Waals surface area contributed by atoms with Crippen LogP contribution in [-0.4, -0.2) is 36.9 Å². The lowest BCUT2D eigenvalue weighted by Crippen LogP contribution is -2.26. The van der Waals surface area contributed by atoms with E-state index in [9.17, 15) is 4.79 Å². The molecule has 0 saturated heterocycles. The summed E-state index contributed by atoms with van der Waals surface area (Å²) in [5.74, 6) is 1.59. The minimum atomic E-state index is -0.240. The van der Waals surface area contributed by atoms with Gasteiger partial charge in [0, 0.05) is 12.6 Å². The molecule has 0 aliphatic heterocycles. The number of ether oxygens (including phenoxy) is 2. The van der Waals surface area contributed by atoms with Crippen molar-refractivity contribution >= 4 is 17.4 Å². The Morgan fingerprint density at radius 3 is 2.48 bits per heavy atom. The Morgan fingerprint density at radius 1 is 0.966 bits per heavy atom. The van der Waals surface area contributed by atoms with E-state index in [4.69, 9.17) is 9.47 Å². The van der Waals surface area contributed by atoms with Crippen LogP contribution < -0.4 is 20.1 Å². The van der Waals surface area contributed by atoms with Crippen molar-refractivity contribution in [3.05, 3.63) is 71.9 Å². The summed E-state index contributed by atoms with van der Waals surface area (Å²) in [6.45, 7) is 0.580. The van der Waals surface area contributed by atoms with Crippen molar-refractivity contribution in [2.24, 2.45) is 0 Å². The lowest BCUT2D eigenvalue weighted by molar-refractivity contribution is 0.0947. The van der Waals surface area contributed by atoms with E-state index < -0.39 is 0 Å². The number of aromatic nitrogens is 2. The molecule has 2 aromatic carbocycles. The fraction of sp³-hybridized carbons (Fsp3) is 0.227. The number of carbonyl (C=O) groups excluding carboxylic acids is 1. The molecule has 0 saturated carbocycles. The average molecular weight is 392 g/mol. The van der Waals surface area contributed by atoms with Gasteiger partial charge in [-0.2, -0.15) is 0 Å². The number of methoxy groups -OCH3 is 2. The number of amides is 1. The van der Waals surface area contributed by atoms with Crippen molar-refractivity contribution in [2.45, 2.75) is 12.8 Å². The van der Waals surface area contributed by atoms with E-state index >= 15 is 0 Å². The zero-order chi connectivity index (χ0) is 20.5. The molecule has 0 aliphatic rings. The molecule has 0 atom stereocenters. The summed E-state index contributed by atoms with van der Waals surface area (Å²) in [5.41, 5.74) is 2.22. The van der Waals surface area contributed by atoms with Gasteiger partial charge in [0.2, 0.25) is 0 Å². The van der Waals surface area contributed by atoms with Gasteiger partial charge in [0.25, 0.3) is 5.91 Å². The molecule has 2 N–H and O–H groups in total. The number of nitrogens with one attached hydrogen (secondary N) is 2. The van der Waals surface area contributed by atoms with Gasteiger partial charge in [0.1, 0.15) is 11.5 Å². The average Bonchev–Trinajstić information content (AvgIpc) is 2.77. The second-order valence-corrected chi connectivity index (χ2v) is 6.34. The van der Waals surface area contributed by atoms with Crippen molar-refractivity contribution in [1.82, 2.24) is 15.5 Å². The van der Waals surface area contributed by atoms with Crippen LogP contribution in [0.3, 0.4) is 0 Å². The van der Waals surface area contributed by atoms with Gasteiger partial charge in [-0.1, -0.05) is 30.3 Å². The summed E-state index contributed by atoms with van der Waals surface area (Å²) in [4.78, 5) is 12.2. The molecule has 1 heterocycles. The summed E-state index contributed by atoms with van der Waals surface area (Å²) in [6, 6.07) is 18.9. The number of aryl methyl sites for hydroxylation is 1. The second kappa shape index (κ2) is 10.1. The van der Waals surface area contributed by atoms with Crippen LogP contribution in [0.5, 0.6) is 11.5 Å². The molecule has 3 rings (SSSR count). The highest BCUT2D eigenvalue weighted by atomic mass is 16.5. The number of hydrogen-bond acceptors (Lipinski definition) is 6. The quantitative estimate of drug-likeness (QED) is 0.541. The van der Waals surface area contributed by atoms with E-state index in [0.29, 0.717) is 29.5 Å². The van der Waals surface area contributed by atoms with Gasteiger partial charge in [-0.25, -0.2) is 0 Å². The van der Waals surface area contributed by atoms with Crippen molar-refractivity contribution in [3.63, 3.8) is 0 Å². The number of hydrogen-bond donors (Lipinski definition) is 2. The Hall–Kier alpha value is -3.61. The van der Waals surface area contributed by atoms with Crippen LogP contribution in [0.1, 0.15) is 22.5 Å². The smallest absolute Gasteiger partial charge is 0.271 e. The first-order chi connectivity index (χ1) is 14.2. The first-order valence-corrected chi connectivity index (χ1v) is 9.34. The van der Waals surface area contributed by atoms with Crippen LogP contribution in [0.4, 0.5) is 11.5 Å². The highest BCUT2D eigenvalue weighted by Gasteiger charge is 2.10. The fourth-order valence-electron chi connectivity index (χ4n) is 2.80. The Balaban J connectivity index is 1.53. The zero-order valence-electron chi connectivity index (χ0n) is 16.5. The van der Waals surface area contributed by atoms with Crippen molar-refractivity contribution in [2.75, 3.05) is 26.1 Å². The van der Waals surface area contributed by atoms with E-state index in [1.165, 1.54) is 5.56 Å². The minimum Gasteiger partial charge on any atom is -0.497 e. The molecular weight excluding hydrogens is 368 g/mol. The number of rotatable bonds is 9. The van der Waals surface area contributed by atoms with E-state index in [2.05, 4.69) is 33.0 Å². The zero-order valence-corrected chi connectivity index (χ0v) is 16.5. The lowest BCUT2D eigenvalue weighted by atomic mass is 10.1. The first kappa shape index (κ1) is 20.1. The molecule has 0 unspecified atom stereocenters. The summed E-state index contributed by atoms with van der Waals surface area (Å²) in [5, 5.41) is 14.1. The molecule has 0 radical (unpaired) electrons. The highest BCUT2D eigenvalue weighted by molar-refractivity contribution is 5.92. The molecule has 1 amide bonds. The van der Waals surface area contributed by atoms with Crippen molar-refractivity contribution in [1.29, 1.82) is 0 Å². The van der Waals surface area contributed by atoms with Crippen LogP contribution in [0.2, 0.25) is 0 Å². The monoisotopic (exact) mass is 392 g/mol. The summed E-state index contributed by atoms with van der Waals surface area (Å²) < 4.78 is 10.6. The normalized spacial score (nSPS) is 10.3. The third-order valence-electron chi connectivity index (χ3n) is 4.34. The summed E-state index contributed by atoms with van der Waals surface area (Å²) >= 11 is 0. The SMILES string of the molecule is COc1ccc(OC)c(Nc2ccc(C(=O)NCCCc3ccccc3)nn2)c1. The van der Waals surface area contributed by atoms with Gasteiger partial charge in [0.05, 0.1) is 19.9 Å². The van der Waals surface area contributed by atoms with Crippen LogP contribution in [0.15, 0.2) is 60.7 Å². The predicted molar refractivity (Wildman–Crippen MR) is 112 cm³/mol. The molecule has 0 bridgehead atoms. The number of nitrogens with zero attached hydrogens (tertiary/aromatic N) is 2. The van der Waals surface area contributed by atoms with Gasteiger partial charge in [-0.3, -0.25) is 4.79 Å². The number of anilines is 2. The van der Waals surface area contributed by atoms with E-state index in [1.54, 1.807) is 44.6 Å². The lowest BCUT2D eigenvalue weighted by Gasteiger charge is -2.12. The number of carbonyl (C=O) groups is 1. The van der Waals surface area contributed by atoms with Crippen LogP contribution in [0.25, 0.3) is 0 Å². The van der Waals surface area contributed by atoms with Crippen LogP contribution in [-0.2, 0) is 6.42 Å². The van der Waals surface area contributed by atoms with Gasteiger partial charge in [0.15, 0.2) is 11.5 Å². The molecule has 1 aromatic heterocycles. The maximum absolute atomic E-state index is 12.2. The molecule has 7 nitrogen and oxygen atoms in total. The Morgan fingerprint density at radius 2 is 1.79 bits per heavy atom. The topological polar surface area (TPSA) is 85.4 Å². The summed E-state index contributed by atoms with van der Waals surface area (Å²) in [7, 11) is 3.18. The molecule has 0 aliphatic carbocycles. The third-order valence-corrected chi connectivity index (χ3v) is 4.34. The molecule has 3 aromatic rings. The molecule has 0 fully saturated rings. The minimum absolute atomic E-state index is 0.240. The van der Waals surface area contributed by atoms with Gasteiger partial charge < -0.3 is 20.1 Å². The van der Waals surface area contributed by atoms with Crippen LogP contribution >= 0.6 is 0 Å². The Bertz CT molecular complexity index is 931. The maximum atomic E-state index is 12.2. The molecular formula is C22H24N4O3. The molecule has 150 valence electrons. The largest absolute Gasteiger partial charge is 0.497 e. The highest BCUT2D eigenvalue weighted by Crippen LogP contribution is 2.30. The standard InChI is InChI=1S/C22H24N4O3/c1-28-17-10-12-20(29-2)19(15-17)24-21-13-11-18(25-26-21)22(27)23-14-6-9-16-7-4-3-5-8-16/h3-5,7-8,10-13,15H,6,9,14H2,1-2H3,(H,23,27)(H,24,26). The number of benzene rings is 2. The second-order valence-electron chi connectivity index (χ2n) is 6.34. The summed E-state index contributed by atoms with van der Waals surface area (Å²) in [6.07, 6.45) is 1.77. The van der Waals surface area contributed by atoms with E-state index in [1.807, 2.05) is 18.2 Å². The third kappa shape index (κ3) is 5.68. The predicted octanol–water partition coefficient (Wildman–Crippen LogP) is 3.60. The van der Waals surface area contributed by atoms with Gasteiger partial charge in [-0.05, 0) is 42.7 Å². The van der Waals surface area contributed by atoms with E-state index in [-0.39, 0.29) is 11.6 Å². The van der Waals surface area contributed by atoms with Gasteiger partial charge >= 0.3 is 0 Å². The molecule has 0 spiro atoms. The van der Waals surface area contributed by atoms with Crippen molar-refractivity contribution in [3.8, 4) is 11.5 Å². The van der Waals surface area contributed by atoms with Gasteiger partial charge in [-0.15, -0.1) is 10.2 Å². The van der Waals surface area contributed by atoms with Crippen molar-refractivity contribution < 1.29 is 14.3 Å².